The average Bonchev–Trinajstić information content (AvgIpc) is 2.60. The second-order valence-electron chi connectivity index (χ2n) is 3.01. The van der Waals surface area contributed by atoms with Crippen LogP contribution >= 0.6 is 35.8 Å². The summed E-state index contributed by atoms with van der Waals surface area (Å²) < 4.78 is 1.56. The fourth-order valence-corrected chi connectivity index (χ4v) is 2.08. The highest BCUT2D eigenvalue weighted by Crippen LogP contribution is 2.26. The fourth-order valence-electron chi connectivity index (χ4n) is 1.32. The molecule has 1 heterocycles. The molecule has 0 radical (unpaired) electrons. The van der Waals surface area contributed by atoms with Gasteiger partial charge in [-0.15, -0.1) is 22.8 Å². The number of rotatable bonds is 2. The Kier molecular flexibility index (Phi) is 3.39. The zero-order valence-electron chi connectivity index (χ0n) is 7.93. The van der Waals surface area contributed by atoms with Crippen molar-refractivity contribution in [2.45, 2.75) is 11.8 Å². The van der Waals surface area contributed by atoms with Gasteiger partial charge in [0.2, 0.25) is 0 Å². The third-order valence-corrected chi connectivity index (χ3v) is 2.83. The molecule has 7 heteroatoms. The number of nitrogens with zero attached hydrogens (tertiary/aromatic N) is 3. The number of halogens is 2. The minimum atomic E-state index is -0.244. The van der Waals surface area contributed by atoms with E-state index in [1.165, 1.54) is 0 Å². The molecular formula is C9H7Cl2N3OS. The van der Waals surface area contributed by atoms with Crippen LogP contribution in [0.15, 0.2) is 23.4 Å². The van der Waals surface area contributed by atoms with Gasteiger partial charge in [0, 0.05) is 5.02 Å². The van der Waals surface area contributed by atoms with Gasteiger partial charge in [0.05, 0.1) is 10.7 Å². The van der Waals surface area contributed by atoms with Crippen LogP contribution in [-0.4, -0.2) is 19.9 Å². The van der Waals surface area contributed by atoms with Crippen LogP contribution in [0.3, 0.4) is 0 Å². The normalized spacial score (nSPS) is 10.8. The first-order valence-corrected chi connectivity index (χ1v) is 5.53. The highest BCUT2D eigenvalue weighted by Gasteiger charge is 2.13. The average molecular weight is 276 g/mol. The molecule has 1 N–H and O–H groups in total. The summed E-state index contributed by atoms with van der Waals surface area (Å²) in [5.41, 5.74) is 0.630. The molecule has 0 saturated heterocycles. The third kappa shape index (κ3) is 2.04. The van der Waals surface area contributed by atoms with Gasteiger partial charge >= 0.3 is 0 Å². The summed E-state index contributed by atoms with van der Waals surface area (Å²) >= 11 is 16.0. The lowest BCUT2D eigenvalue weighted by atomic mass is 10.3. The summed E-state index contributed by atoms with van der Waals surface area (Å²) in [6.07, 6.45) is 0. The van der Waals surface area contributed by atoms with Crippen LogP contribution in [0.25, 0.3) is 5.69 Å². The quantitative estimate of drug-likeness (QED) is 0.828. The second kappa shape index (κ2) is 4.63. The van der Waals surface area contributed by atoms with E-state index >= 15 is 0 Å². The highest BCUT2D eigenvalue weighted by molar-refractivity contribution is 7.80. The van der Waals surface area contributed by atoms with Crippen LogP contribution in [0.4, 0.5) is 0 Å². The molecule has 16 heavy (non-hydrogen) atoms. The van der Waals surface area contributed by atoms with Crippen LogP contribution in [0, 0.1) is 0 Å². The Balaban J connectivity index is 2.62. The fraction of sp³-hybridized carbons (Fsp3) is 0.111. The molecule has 84 valence electrons. The topological polar surface area (TPSA) is 50.9 Å². The van der Waals surface area contributed by atoms with Gasteiger partial charge in [-0.05, 0) is 18.2 Å². The van der Waals surface area contributed by atoms with E-state index in [9.17, 15) is 0 Å². The Bertz CT molecular complexity index is 529. The molecule has 0 amide bonds. The number of thiol groups is 1. The molecule has 0 aliphatic carbocycles. The first-order valence-electron chi connectivity index (χ1n) is 4.33. The molecule has 0 aliphatic heterocycles. The Morgan fingerprint density at radius 1 is 1.31 bits per heavy atom. The summed E-state index contributed by atoms with van der Waals surface area (Å²) in [6, 6.07) is 5.01. The lowest BCUT2D eigenvalue weighted by Crippen LogP contribution is -2.02. The van der Waals surface area contributed by atoms with E-state index in [1.54, 1.807) is 22.8 Å². The largest absolute Gasteiger partial charge is 0.388 e. The standard InChI is InChI=1S/C9H7Cl2N3OS/c10-5-1-2-7(6(11)3-5)14-8(4-15)12-13-9(14)16/h1-3,15H,4H2,(H,13,16). The number of aromatic nitrogens is 3. The lowest BCUT2D eigenvalue weighted by molar-refractivity contribution is 0.268. The molecule has 0 atom stereocenters. The number of benzene rings is 1. The molecule has 0 unspecified atom stereocenters. The van der Waals surface area contributed by atoms with E-state index in [-0.39, 0.29) is 6.61 Å². The first kappa shape index (κ1) is 11.7. The van der Waals surface area contributed by atoms with Crippen molar-refractivity contribution in [2.24, 2.45) is 0 Å². The number of hydrogen-bond acceptors (Lipinski definition) is 4. The minimum absolute atomic E-state index is 0.244. The first-order chi connectivity index (χ1) is 7.63. The minimum Gasteiger partial charge on any atom is -0.388 e. The predicted octanol–water partition coefficient (Wildman–Crippen LogP) is 2.36. The van der Waals surface area contributed by atoms with Gasteiger partial charge in [-0.2, -0.15) is 0 Å². The summed E-state index contributed by atoms with van der Waals surface area (Å²) in [6.45, 7) is -0.244. The maximum Gasteiger partial charge on any atom is 0.192 e. The van der Waals surface area contributed by atoms with E-state index < -0.39 is 0 Å². The Labute approximate surface area is 107 Å². The number of aliphatic hydroxyl groups is 1. The molecule has 0 aliphatic rings. The zero-order valence-corrected chi connectivity index (χ0v) is 10.3. The van der Waals surface area contributed by atoms with E-state index in [1.807, 2.05) is 0 Å². The smallest absolute Gasteiger partial charge is 0.192 e. The molecule has 4 nitrogen and oxygen atoms in total. The molecular weight excluding hydrogens is 269 g/mol. The van der Waals surface area contributed by atoms with Crippen LogP contribution in [0.5, 0.6) is 0 Å². The summed E-state index contributed by atoms with van der Waals surface area (Å²) in [5, 5.41) is 18.0. The van der Waals surface area contributed by atoms with Crippen molar-refractivity contribution in [3.8, 4) is 5.69 Å². The van der Waals surface area contributed by atoms with Gasteiger partial charge in [0.15, 0.2) is 11.0 Å². The van der Waals surface area contributed by atoms with E-state index in [2.05, 4.69) is 22.8 Å². The van der Waals surface area contributed by atoms with Gasteiger partial charge in [-0.25, -0.2) is 0 Å². The van der Waals surface area contributed by atoms with Crippen LogP contribution in [-0.2, 0) is 6.61 Å². The van der Waals surface area contributed by atoms with Crippen molar-refractivity contribution >= 4 is 35.8 Å². The van der Waals surface area contributed by atoms with Crippen molar-refractivity contribution in [3.63, 3.8) is 0 Å². The summed E-state index contributed by atoms with van der Waals surface area (Å²) in [4.78, 5) is 0. The van der Waals surface area contributed by atoms with Crippen LogP contribution in [0.2, 0.25) is 10.0 Å². The molecule has 0 bridgehead atoms. The van der Waals surface area contributed by atoms with E-state index in [0.29, 0.717) is 26.7 Å². The summed E-state index contributed by atoms with van der Waals surface area (Å²) in [7, 11) is 0. The Morgan fingerprint density at radius 2 is 2.06 bits per heavy atom. The zero-order chi connectivity index (χ0) is 11.7. The third-order valence-electron chi connectivity index (χ3n) is 2.01. The Morgan fingerprint density at radius 3 is 2.69 bits per heavy atom. The molecule has 0 fully saturated rings. The maximum absolute atomic E-state index is 9.11. The monoisotopic (exact) mass is 275 g/mol. The molecule has 1 aromatic carbocycles. The molecule has 2 aromatic rings. The Hall–Kier alpha value is -0.750. The van der Waals surface area contributed by atoms with Crippen molar-refractivity contribution in [2.75, 3.05) is 0 Å². The van der Waals surface area contributed by atoms with Crippen LogP contribution < -0.4 is 0 Å². The SMILES string of the molecule is OCc1nnc(S)n1-c1ccc(Cl)cc1Cl. The second-order valence-corrected chi connectivity index (χ2v) is 4.25. The molecule has 0 saturated carbocycles. The highest BCUT2D eigenvalue weighted by atomic mass is 35.5. The number of aliphatic hydroxyl groups excluding tert-OH is 1. The van der Waals surface area contributed by atoms with Gasteiger partial charge in [-0.1, -0.05) is 23.2 Å². The van der Waals surface area contributed by atoms with E-state index in [4.69, 9.17) is 28.3 Å². The van der Waals surface area contributed by atoms with Crippen LogP contribution in [0.1, 0.15) is 5.82 Å². The van der Waals surface area contributed by atoms with Crippen molar-refractivity contribution < 1.29 is 5.11 Å². The van der Waals surface area contributed by atoms with Gasteiger partial charge in [-0.3, -0.25) is 4.57 Å². The predicted molar refractivity (Wildman–Crippen MR) is 64.6 cm³/mol. The van der Waals surface area contributed by atoms with Gasteiger partial charge < -0.3 is 5.11 Å². The number of hydrogen-bond donors (Lipinski definition) is 2. The molecule has 2 rings (SSSR count). The van der Waals surface area contributed by atoms with Gasteiger partial charge in [0.1, 0.15) is 6.61 Å². The van der Waals surface area contributed by atoms with E-state index in [0.717, 1.165) is 0 Å². The summed E-state index contributed by atoms with van der Waals surface area (Å²) in [5.74, 6) is 0.370. The van der Waals surface area contributed by atoms with Crippen molar-refractivity contribution in [3.05, 3.63) is 34.1 Å². The van der Waals surface area contributed by atoms with Crippen molar-refractivity contribution in [1.82, 2.24) is 14.8 Å². The van der Waals surface area contributed by atoms with Gasteiger partial charge in [0.25, 0.3) is 0 Å². The maximum atomic E-state index is 9.11. The van der Waals surface area contributed by atoms with Crippen molar-refractivity contribution in [1.29, 1.82) is 0 Å². The lowest BCUT2D eigenvalue weighted by Gasteiger charge is -2.08. The molecule has 0 spiro atoms. The molecule has 1 aromatic heterocycles.